The van der Waals surface area contributed by atoms with Crippen LogP contribution in [0.2, 0.25) is 0 Å². The maximum absolute atomic E-state index is 11.2. The fourth-order valence-corrected chi connectivity index (χ4v) is 1.99. The molecule has 22 heavy (non-hydrogen) atoms. The molecule has 0 aromatic rings. The number of aliphatic hydroxyl groups is 5. The Bertz CT molecular complexity index is 297. The highest BCUT2D eigenvalue weighted by molar-refractivity contribution is 5.78. The van der Waals surface area contributed by atoms with Gasteiger partial charge in [-0.2, -0.15) is 0 Å². The van der Waals surface area contributed by atoms with E-state index in [0.717, 1.165) is 19.3 Å². The summed E-state index contributed by atoms with van der Waals surface area (Å²) in [5.41, 5.74) is 0. The van der Waals surface area contributed by atoms with Crippen LogP contribution in [-0.2, 0) is 9.53 Å². The molecule has 0 spiro atoms. The Hall–Kier alpha value is -0.730. The van der Waals surface area contributed by atoms with E-state index >= 15 is 0 Å². The lowest BCUT2D eigenvalue weighted by atomic mass is 10.1. The van der Waals surface area contributed by atoms with Gasteiger partial charge in [0.2, 0.25) is 0 Å². The fourth-order valence-electron chi connectivity index (χ4n) is 1.99. The number of carbonyl (C=O) groups excluding carboxylic acids is 1. The standard InChI is InChI=1S/C15H30O7/c1-2-3-4-5-6-7-8-9-10-11-12-22-13(16)14(17,18)15(19,20)21/h17-21H,2-12H2,1H3. The van der Waals surface area contributed by atoms with Crippen LogP contribution >= 0.6 is 0 Å². The van der Waals surface area contributed by atoms with Crippen LogP contribution in [0, 0.1) is 0 Å². The Morgan fingerprint density at radius 1 is 0.773 bits per heavy atom. The predicted molar refractivity (Wildman–Crippen MR) is 79.4 cm³/mol. The molecular formula is C15H30O7. The summed E-state index contributed by atoms with van der Waals surface area (Å²) in [4.78, 5) is 11.2. The molecule has 0 aliphatic rings. The third-order valence-corrected chi connectivity index (χ3v) is 3.48. The smallest absolute Gasteiger partial charge is 0.375 e. The molecule has 0 amide bonds. The van der Waals surface area contributed by atoms with E-state index in [9.17, 15) is 4.79 Å². The Balaban J connectivity index is 3.52. The van der Waals surface area contributed by atoms with E-state index in [1.165, 1.54) is 38.5 Å². The molecule has 0 unspecified atom stereocenters. The van der Waals surface area contributed by atoms with Gasteiger partial charge in [-0.25, -0.2) is 4.79 Å². The van der Waals surface area contributed by atoms with Crippen molar-refractivity contribution in [3.8, 4) is 0 Å². The van der Waals surface area contributed by atoms with Gasteiger partial charge in [0.15, 0.2) is 0 Å². The van der Waals surface area contributed by atoms with Crippen molar-refractivity contribution in [1.29, 1.82) is 0 Å². The molecule has 0 aliphatic heterocycles. The second-order valence-corrected chi connectivity index (χ2v) is 5.63. The van der Waals surface area contributed by atoms with E-state index < -0.39 is 17.7 Å². The van der Waals surface area contributed by atoms with Crippen LogP contribution in [0.1, 0.15) is 71.1 Å². The van der Waals surface area contributed by atoms with E-state index in [0.29, 0.717) is 6.42 Å². The van der Waals surface area contributed by atoms with Gasteiger partial charge in [-0.15, -0.1) is 0 Å². The molecule has 0 aromatic carbocycles. The molecule has 5 N–H and O–H groups in total. The van der Waals surface area contributed by atoms with Crippen molar-refractivity contribution in [2.75, 3.05) is 6.61 Å². The van der Waals surface area contributed by atoms with E-state index in [1.54, 1.807) is 0 Å². The van der Waals surface area contributed by atoms with Crippen LogP contribution in [0.5, 0.6) is 0 Å². The van der Waals surface area contributed by atoms with Crippen molar-refractivity contribution in [2.24, 2.45) is 0 Å². The topological polar surface area (TPSA) is 127 Å². The average molecular weight is 322 g/mol. The van der Waals surface area contributed by atoms with Crippen molar-refractivity contribution in [3.63, 3.8) is 0 Å². The summed E-state index contributed by atoms with van der Waals surface area (Å²) in [5.74, 6) is -9.41. The molecule has 0 atom stereocenters. The van der Waals surface area contributed by atoms with Crippen LogP contribution in [0.25, 0.3) is 0 Å². The zero-order valence-corrected chi connectivity index (χ0v) is 13.3. The van der Waals surface area contributed by atoms with Crippen molar-refractivity contribution >= 4 is 5.97 Å². The monoisotopic (exact) mass is 322 g/mol. The molecule has 0 saturated carbocycles. The van der Waals surface area contributed by atoms with E-state index in [2.05, 4.69) is 11.7 Å². The maximum atomic E-state index is 11.2. The minimum absolute atomic E-state index is 0.0751. The van der Waals surface area contributed by atoms with Gasteiger partial charge in [0.25, 0.3) is 0 Å². The van der Waals surface area contributed by atoms with Crippen LogP contribution in [0.15, 0.2) is 0 Å². The Morgan fingerprint density at radius 2 is 1.18 bits per heavy atom. The number of esters is 1. The SMILES string of the molecule is CCCCCCCCCCCCOC(=O)C(O)(O)C(O)(O)O. The van der Waals surface area contributed by atoms with Crippen LogP contribution in [-0.4, -0.2) is 49.9 Å². The van der Waals surface area contributed by atoms with Gasteiger partial charge < -0.3 is 30.3 Å². The third kappa shape index (κ3) is 8.65. The first-order chi connectivity index (χ1) is 10.2. The van der Waals surface area contributed by atoms with Crippen molar-refractivity contribution in [3.05, 3.63) is 0 Å². The minimum Gasteiger partial charge on any atom is -0.461 e. The average Bonchev–Trinajstić information content (AvgIpc) is 2.43. The highest BCUT2D eigenvalue weighted by Gasteiger charge is 2.54. The Morgan fingerprint density at radius 3 is 1.59 bits per heavy atom. The van der Waals surface area contributed by atoms with Gasteiger partial charge in [0, 0.05) is 0 Å². The molecule has 0 saturated heterocycles. The molecular weight excluding hydrogens is 292 g/mol. The third-order valence-electron chi connectivity index (χ3n) is 3.48. The summed E-state index contributed by atoms with van der Waals surface area (Å²) >= 11 is 0. The lowest BCUT2D eigenvalue weighted by molar-refractivity contribution is -0.433. The predicted octanol–water partition coefficient (Wildman–Crippen LogP) is 0.762. The van der Waals surface area contributed by atoms with Crippen molar-refractivity contribution in [1.82, 2.24) is 0 Å². The molecule has 132 valence electrons. The largest absolute Gasteiger partial charge is 0.461 e. The molecule has 0 heterocycles. The molecule has 0 aromatic heterocycles. The highest BCUT2D eigenvalue weighted by atomic mass is 16.7. The summed E-state index contributed by atoms with van der Waals surface area (Å²) < 4.78 is 4.49. The summed E-state index contributed by atoms with van der Waals surface area (Å²) in [6.07, 6.45) is 11.0. The van der Waals surface area contributed by atoms with Gasteiger partial charge in [-0.05, 0) is 6.42 Å². The quantitative estimate of drug-likeness (QED) is 0.192. The molecule has 0 fully saturated rings. The van der Waals surface area contributed by atoms with E-state index in [4.69, 9.17) is 25.5 Å². The molecule has 7 heteroatoms. The van der Waals surface area contributed by atoms with Gasteiger partial charge in [0.05, 0.1) is 6.61 Å². The normalized spacial score (nSPS) is 12.5. The van der Waals surface area contributed by atoms with Gasteiger partial charge in [-0.1, -0.05) is 64.7 Å². The first-order valence-corrected chi connectivity index (χ1v) is 8.02. The van der Waals surface area contributed by atoms with Crippen molar-refractivity contribution < 1.29 is 35.1 Å². The highest BCUT2D eigenvalue weighted by Crippen LogP contribution is 2.16. The van der Waals surface area contributed by atoms with Crippen molar-refractivity contribution in [2.45, 2.75) is 82.9 Å². The van der Waals surface area contributed by atoms with Gasteiger partial charge >= 0.3 is 17.7 Å². The summed E-state index contributed by atoms with van der Waals surface area (Å²) in [7, 11) is 0. The molecule has 0 bridgehead atoms. The second kappa shape index (κ2) is 10.9. The number of ether oxygens (including phenoxy) is 1. The lowest BCUT2D eigenvalue weighted by Gasteiger charge is -2.27. The summed E-state index contributed by atoms with van der Waals surface area (Å²) in [6.45, 7) is 2.11. The number of rotatable bonds is 13. The molecule has 0 radical (unpaired) electrons. The first kappa shape index (κ1) is 21.3. The van der Waals surface area contributed by atoms with Crippen LogP contribution < -0.4 is 0 Å². The van der Waals surface area contributed by atoms with E-state index in [-0.39, 0.29) is 6.61 Å². The fraction of sp³-hybridized carbons (Fsp3) is 0.933. The second-order valence-electron chi connectivity index (χ2n) is 5.63. The Kier molecular flexibility index (Phi) is 10.5. The number of hydrogen-bond acceptors (Lipinski definition) is 7. The molecule has 0 rings (SSSR count). The Labute approximate surface area is 131 Å². The number of unbranched alkanes of at least 4 members (excludes halogenated alkanes) is 9. The van der Waals surface area contributed by atoms with Gasteiger partial charge in [-0.3, -0.25) is 0 Å². The number of hydrogen-bond donors (Lipinski definition) is 5. The van der Waals surface area contributed by atoms with E-state index in [1.807, 2.05) is 0 Å². The zero-order valence-electron chi connectivity index (χ0n) is 13.3. The molecule has 0 aliphatic carbocycles. The summed E-state index contributed by atoms with van der Waals surface area (Å²) in [5, 5.41) is 43.8. The number of carbonyl (C=O) groups is 1. The van der Waals surface area contributed by atoms with Crippen LogP contribution in [0.3, 0.4) is 0 Å². The van der Waals surface area contributed by atoms with Crippen LogP contribution in [0.4, 0.5) is 0 Å². The lowest BCUT2D eigenvalue weighted by Crippen LogP contribution is -2.60. The minimum atomic E-state index is -3.96. The first-order valence-electron chi connectivity index (χ1n) is 8.02. The summed E-state index contributed by atoms with van der Waals surface area (Å²) in [6, 6.07) is 0. The maximum Gasteiger partial charge on any atom is 0.375 e. The zero-order chi connectivity index (χ0) is 17.1. The molecule has 7 nitrogen and oxygen atoms in total. The van der Waals surface area contributed by atoms with Gasteiger partial charge in [0.1, 0.15) is 0 Å².